The Morgan fingerprint density at radius 3 is 2.54 bits per heavy atom. The number of carbonyl (C=O) groups is 1. The topological polar surface area (TPSA) is 62.7 Å². The van der Waals surface area contributed by atoms with Crippen LogP contribution in [0.1, 0.15) is 38.2 Å². The van der Waals surface area contributed by atoms with E-state index >= 15 is 0 Å². The molecule has 0 fully saturated rings. The van der Waals surface area contributed by atoms with Gasteiger partial charge < -0.3 is 15.4 Å². The van der Waals surface area contributed by atoms with Crippen LogP contribution in [-0.2, 0) is 16.0 Å². The van der Waals surface area contributed by atoms with Crippen molar-refractivity contribution in [1.82, 2.24) is 10.6 Å². The van der Waals surface area contributed by atoms with Crippen LogP contribution in [0.25, 0.3) is 0 Å². The summed E-state index contributed by atoms with van der Waals surface area (Å²) in [4.78, 5) is 15.6. The first-order valence-corrected chi connectivity index (χ1v) is 8.39. The maximum Gasteiger partial charge on any atom is 0.305 e. The molecule has 0 spiro atoms. The van der Waals surface area contributed by atoms with Crippen LogP contribution in [0.3, 0.4) is 0 Å². The first-order valence-electron chi connectivity index (χ1n) is 8.39. The van der Waals surface area contributed by atoms with E-state index in [4.69, 9.17) is 0 Å². The number of nitrogens with zero attached hydrogens (tertiary/aromatic N) is 1. The zero-order chi connectivity index (χ0) is 16.8. The van der Waals surface area contributed by atoms with Gasteiger partial charge in [0.15, 0.2) is 5.96 Å². The summed E-state index contributed by atoms with van der Waals surface area (Å²) >= 11 is 0. The first kappa shape index (κ1) is 22.7. The smallest absolute Gasteiger partial charge is 0.305 e. The minimum Gasteiger partial charge on any atom is -0.469 e. The molecule has 0 heterocycles. The van der Waals surface area contributed by atoms with Crippen LogP contribution in [0.15, 0.2) is 35.3 Å². The highest BCUT2D eigenvalue weighted by Gasteiger charge is 2.00. The molecular weight excluding hydrogens is 417 g/mol. The Balaban J connectivity index is 0.00000529. The SMILES string of the molecule is CCNC(=NCCCCCC(=O)OC)NCCc1ccccc1.I. The van der Waals surface area contributed by atoms with Gasteiger partial charge in [-0.15, -0.1) is 24.0 Å². The largest absolute Gasteiger partial charge is 0.469 e. The fourth-order valence-electron chi connectivity index (χ4n) is 2.16. The Hall–Kier alpha value is -1.31. The molecule has 0 unspecified atom stereocenters. The number of ether oxygens (including phenoxy) is 1. The van der Waals surface area contributed by atoms with Crippen molar-refractivity contribution in [3.63, 3.8) is 0 Å². The van der Waals surface area contributed by atoms with Gasteiger partial charge in [0.1, 0.15) is 0 Å². The molecule has 24 heavy (non-hydrogen) atoms. The highest BCUT2D eigenvalue weighted by molar-refractivity contribution is 14.0. The van der Waals surface area contributed by atoms with E-state index in [0.717, 1.165) is 51.3 Å². The Morgan fingerprint density at radius 1 is 1.12 bits per heavy atom. The summed E-state index contributed by atoms with van der Waals surface area (Å²) in [5, 5.41) is 6.60. The second-order valence-corrected chi connectivity index (χ2v) is 5.31. The van der Waals surface area contributed by atoms with E-state index in [-0.39, 0.29) is 29.9 Å². The van der Waals surface area contributed by atoms with Crippen LogP contribution in [0, 0.1) is 0 Å². The highest BCUT2D eigenvalue weighted by Crippen LogP contribution is 2.01. The van der Waals surface area contributed by atoms with Gasteiger partial charge in [0.2, 0.25) is 0 Å². The van der Waals surface area contributed by atoms with Gasteiger partial charge in [-0.3, -0.25) is 9.79 Å². The number of benzene rings is 1. The summed E-state index contributed by atoms with van der Waals surface area (Å²) in [6, 6.07) is 10.4. The summed E-state index contributed by atoms with van der Waals surface area (Å²) in [7, 11) is 1.43. The Labute approximate surface area is 162 Å². The molecule has 0 atom stereocenters. The Morgan fingerprint density at radius 2 is 1.88 bits per heavy atom. The van der Waals surface area contributed by atoms with Crippen LogP contribution in [0.2, 0.25) is 0 Å². The molecule has 0 saturated heterocycles. The summed E-state index contributed by atoms with van der Waals surface area (Å²) < 4.78 is 4.62. The third kappa shape index (κ3) is 11.3. The summed E-state index contributed by atoms with van der Waals surface area (Å²) in [6.07, 6.45) is 4.30. The van der Waals surface area contributed by atoms with E-state index in [1.54, 1.807) is 0 Å². The lowest BCUT2D eigenvalue weighted by Crippen LogP contribution is -2.38. The fourth-order valence-corrected chi connectivity index (χ4v) is 2.16. The number of esters is 1. The molecule has 6 heteroatoms. The number of aliphatic imine (C=N–C) groups is 1. The average Bonchev–Trinajstić information content (AvgIpc) is 2.58. The molecule has 0 aromatic heterocycles. The molecule has 1 rings (SSSR count). The minimum atomic E-state index is -0.135. The summed E-state index contributed by atoms with van der Waals surface area (Å²) in [5.41, 5.74) is 1.32. The normalized spacial score (nSPS) is 10.7. The third-order valence-corrected chi connectivity index (χ3v) is 3.43. The maximum absolute atomic E-state index is 11.0. The van der Waals surface area contributed by atoms with E-state index < -0.39 is 0 Å². The zero-order valence-electron chi connectivity index (χ0n) is 14.7. The lowest BCUT2D eigenvalue weighted by Gasteiger charge is -2.11. The number of nitrogens with one attached hydrogen (secondary N) is 2. The highest BCUT2D eigenvalue weighted by atomic mass is 127. The van der Waals surface area contributed by atoms with Gasteiger partial charge in [-0.1, -0.05) is 36.8 Å². The van der Waals surface area contributed by atoms with Crippen LogP contribution in [0.5, 0.6) is 0 Å². The van der Waals surface area contributed by atoms with E-state index in [2.05, 4.69) is 51.6 Å². The molecule has 1 aromatic carbocycles. The zero-order valence-corrected chi connectivity index (χ0v) is 17.0. The molecule has 0 aliphatic rings. The van der Waals surface area contributed by atoms with E-state index in [1.807, 2.05) is 6.07 Å². The van der Waals surface area contributed by atoms with E-state index in [0.29, 0.717) is 6.42 Å². The van der Waals surface area contributed by atoms with E-state index in [1.165, 1.54) is 12.7 Å². The van der Waals surface area contributed by atoms with Gasteiger partial charge >= 0.3 is 5.97 Å². The monoisotopic (exact) mass is 447 g/mol. The standard InChI is InChI=1S/C18H29N3O2.HI/c1-3-19-18(20-14-9-5-8-12-17(22)23-2)21-15-13-16-10-6-4-7-11-16;/h4,6-7,10-11H,3,5,8-9,12-15H2,1-2H3,(H2,19,20,21);1H. The number of halogens is 1. The van der Waals surface area contributed by atoms with Crippen molar-refractivity contribution in [2.24, 2.45) is 4.99 Å². The van der Waals surface area contributed by atoms with Crippen molar-refractivity contribution >= 4 is 35.9 Å². The second-order valence-electron chi connectivity index (χ2n) is 5.31. The number of hydrogen-bond acceptors (Lipinski definition) is 3. The van der Waals surface area contributed by atoms with Crippen LogP contribution in [0.4, 0.5) is 0 Å². The molecule has 0 saturated carbocycles. The fraction of sp³-hybridized carbons (Fsp3) is 0.556. The summed E-state index contributed by atoms with van der Waals surface area (Å²) in [5.74, 6) is 0.723. The number of guanidine groups is 1. The number of carbonyl (C=O) groups excluding carboxylic acids is 1. The van der Waals surface area contributed by atoms with Gasteiger partial charge in [0, 0.05) is 26.1 Å². The molecule has 0 amide bonds. The average molecular weight is 447 g/mol. The predicted molar refractivity (Wildman–Crippen MR) is 110 cm³/mol. The van der Waals surface area contributed by atoms with Crippen molar-refractivity contribution in [3.8, 4) is 0 Å². The Bertz CT molecular complexity index is 467. The molecule has 1 aromatic rings. The van der Waals surface area contributed by atoms with Crippen molar-refractivity contribution in [2.75, 3.05) is 26.7 Å². The first-order chi connectivity index (χ1) is 11.3. The van der Waals surface area contributed by atoms with Crippen molar-refractivity contribution < 1.29 is 9.53 Å². The Kier molecular flexibility index (Phi) is 14.4. The van der Waals surface area contributed by atoms with Gasteiger partial charge in [0.05, 0.1) is 7.11 Å². The molecule has 5 nitrogen and oxygen atoms in total. The van der Waals surface area contributed by atoms with Gasteiger partial charge in [-0.2, -0.15) is 0 Å². The molecule has 0 aliphatic heterocycles. The molecule has 0 aliphatic carbocycles. The molecule has 2 N–H and O–H groups in total. The van der Waals surface area contributed by atoms with Gasteiger partial charge in [-0.25, -0.2) is 0 Å². The number of methoxy groups -OCH3 is 1. The van der Waals surface area contributed by atoms with Gasteiger partial charge in [-0.05, 0) is 31.7 Å². The summed E-state index contributed by atoms with van der Waals surface area (Å²) in [6.45, 7) is 4.53. The van der Waals surface area contributed by atoms with Crippen molar-refractivity contribution in [2.45, 2.75) is 39.0 Å². The lowest BCUT2D eigenvalue weighted by molar-refractivity contribution is -0.140. The quantitative estimate of drug-likeness (QED) is 0.190. The van der Waals surface area contributed by atoms with Crippen molar-refractivity contribution in [3.05, 3.63) is 35.9 Å². The minimum absolute atomic E-state index is 0. The van der Waals surface area contributed by atoms with Gasteiger partial charge in [0.25, 0.3) is 0 Å². The molecule has 0 radical (unpaired) electrons. The number of rotatable bonds is 10. The van der Waals surface area contributed by atoms with Crippen LogP contribution in [-0.4, -0.2) is 38.7 Å². The molecule has 136 valence electrons. The lowest BCUT2D eigenvalue weighted by atomic mass is 10.1. The van der Waals surface area contributed by atoms with Crippen molar-refractivity contribution in [1.29, 1.82) is 0 Å². The van der Waals surface area contributed by atoms with Crippen LogP contribution >= 0.6 is 24.0 Å². The second kappa shape index (κ2) is 15.2. The predicted octanol–water partition coefficient (Wildman–Crippen LogP) is 3.14. The van der Waals surface area contributed by atoms with Crippen LogP contribution < -0.4 is 10.6 Å². The molecule has 0 bridgehead atoms. The maximum atomic E-state index is 11.0. The number of unbranched alkanes of at least 4 members (excludes halogenated alkanes) is 2. The third-order valence-electron chi connectivity index (χ3n) is 3.43. The van der Waals surface area contributed by atoms with E-state index in [9.17, 15) is 4.79 Å². The number of hydrogen-bond donors (Lipinski definition) is 2. The molecular formula is C18H30IN3O2.